The molecule has 2 rings (SSSR count). The number of rotatable bonds is 5. The molecule has 1 heterocycles. The molecule has 1 amide bonds. The number of benzene rings is 1. The molecule has 1 aromatic carbocycles. The van der Waals surface area contributed by atoms with Crippen molar-refractivity contribution in [1.82, 2.24) is 15.3 Å². The summed E-state index contributed by atoms with van der Waals surface area (Å²) in [7, 11) is 0. The number of amides is 1. The van der Waals surface area contributed by atoms with E-state index in [0.717, 1.165) is 5.56 Å². The maximum atomic E-state index is 12.1. The Balaban J connectivity index is 1.99. The molecule has 0 saturated heterocycles. The van der Waals surface area contributed by atoms with Crippen LogP contribution in [0.25, 0.3) is 0 Å². The third-order valence-electron chi connectivity index (χ3n) is 3.69. The molecule has 0 aliphatic heterocycles. The molecule has 0 aliphatic carbocycles. The summed E-state index contributed by atoms with van der Waals surface area (Å²) < 4.78 is 0. The number of aromatic nitrogens is 2. The van der Waals surface area contributed by atoms with E-state index >= 15 is 0 Å². The van der Waals surface area contributed by atoms with Gasteiger partial charge in [-0.05, 0) is 38.8 Å². The molecule has 0 bridgehead atoms. The van der Waals surface area contributed by atoms with E-state index in [2.05, 4.69) is 15.3 Å². The average molecular weight is 334 g/mol. The quantitative estimate of drug-likeness (QED) is 0.883. The Morgan fingerprint density at radius 3 is 2.70 bits per heavy atom. The van der Waals surface area contributed by atoms with Gasteiger partial charge in [-0.2, -0.15) is 0 Å². The minimum atomic E-state index is -0.188. The molecule has 0 radical (unpaired) electrons. The van der Waals surface area contributed by atoms with Crippen molar-refractivity contribution >= 4 is 17.5 Å². The first kappa shape index (κ1) is 17.2. The summed E-state index contributed by atoms with van der Waals surface area (Å²) in [5.74, 6) is 0.449. The van der Waals surface area contributed by atoms with E-state index in [1.54, 1.807) is 19.9 Å². The van der Waals surface area contributed by atoms with E-state index < -0.39 is 0 Å². The van der Waals surface area contributed by atoms with E-state index in [4.69, 9.17) is 11.6 Å². The van der Waals surface area contributed by atoms with Gasteiger partial charge in [0.15, 0.2) is 0 Å². The maximum absolute atomic E-state index is 12.1. The zero-order valence-electron chi connectivity index (χ0n) is 13.4. The highest BCUT2D eigenvalue weighted by Gasteiger charge is 2.14. The monoisotopic (exact) mass is 333 g/mol. The Morgan fingerprint density at radius 1 is 1.35 bits per heavy atom. The van der Waals surface area contributed by atoms with Crippen molar-refractivity contribution < 1.29 is 4.79 Å². The first-order valence-corrected chi connectivity index (χ1v) is 7.86. The number of hydrogen-bond acceptors (Lipinski definition) is 3. The summed E-state index contributed by atoms with van der Waals surface area (Å²) in [6.45, 7) is 5.39. The third kappa shape index (κ3) is 4.42. The zero-order valence-corrected chi connectivity index (χ0v) is 14.2. The highest BCUT2D eigenvalue weighted by Crippen LogP contribution is 2.22. The molecule has 5 nitrogen and oxygen atoms in total. The van der Waals surface area contributed by atoms with E-state index in [9.17, 15) is 9.59 Å². The molecular formula is C17H20ClN3O2. The van der Waals surface area contributed by atoms with Gasteiger partial charge in [0.1, 0.15) is 5.82 Å². The van der Waals surface area contributed by atoms with Crippen LogP contribution in [0.2, 0.25) is 5.02 Å². The van der Waals surface area contributed by atoms with Gasteiger partial charge in [-0.3, -0.25) is 9.59 Å². The molecule has 0 saturated carbocycles. The van der Waals surface area contributed by atoms with Crippen molar-refractivity contribution in [2.24, 2.45) is 0 Å². The number of aromatic amines is 1. The van der Waals surface area contributed by atoms with Gasteiger partial charge in [0.05, 0.1) is 6.04 Å². The number of nitrogens with one attached hydrogen (secondary N) is 2. The Bertz CT molecular complexity index is 771. The van der Waals surface area contributed by atoms with Gasteiger partial charge in [-0.25, -0.2) is 4.98 Å². The van der Waals surface area contributed by atoms with E-state index in [0.29, 0.717) is 28.5 Å². The van der Waals surface area contributed by atoms with Gasteiger partial charge in [-0.15, -0.1) is 0 Å². The largest absolute Gasteiger partial charge is 0.350 e. The summed E-state index contributed by atoms with van der Waals surface area (Å²) in [6.07, 6.45) is 0.582. The van der Waals surface area contributed by atoms with Crippen LogP contribution in [0.15, 0.2) is 29.1 Å². The van der Waals surface area contributed by atoms with Gasteiger partial charge in [-0.1, -0.05) is 29.8 Å². The summed E-state index contributed by atoms with van der Waals surface area (Å²) in [6, 6.07) is 7.21. The SMILES string of the molecule is Cc1nc(C)c(CCC(=O)N[C@H](C)c2ccccc2Cl)c(=O)[nH]1. The van der Waals surface area contributed by atoms with Gasteiger partial charge >= 0.3 is 0 Å². The molecule has 0 fully saturated rings. The van der Waals surface area contributed by atoms with E-state index in [-0.39, 0.29) is 23.9 Å². The first-order valence-electron chi connectivity index (χ1n) is 7.48. The second-order valence-electron chi connectivity index (χ2n) is 5.53. The van der Waals surface area contributed by atoms with Gasteiger partial charge in [0, 0.05) is 22.7 Å². The summed E-state index contributed by atoms with van der Waals surface area (Å²) in [4.78, 5) is 30.9. The minimum Gasteiger partial charge on any atom is -0.350 e. The predicted molar refractivity (Wildman–Crippen MR) is 90.7 cm³/mol. The van der Waals surface area contributed by atoms with Crippen molar-refractivity contribution in [1.29, 1.82) is 0 Å². The number of carbonyl (C=O) groups is 1. The number of halogens is 1. The molecule has 0 spiro atoms. The van der Waals surface area contributed by atoms with Crippen molar-refractivity contribution in [3.63, 3.8) is 0 Å². The van der Waals surface area contributed by atoms with Crippen LogP contribution in [0.3, 0.4) is 0 Å². The van der Waals surface area contributed by atoms with Gasteiger partial charge in [0.2, 0.25) is 5.91 Å². The summed E-state index contributed by atoms with van der Waals surface area (Å²) in [5, 5.41) is 3.52. The van der Waals surface area contributed by atoms with Crippen LogP contribution >= 0.6 is 11.6 Å². The fourth-order valence-corrected chi connectivity index (χ4v) is 2.80. The Hall–Kier alpha value is -2.14. The number of nitrogens with zero attached hydrogens (tertiary/aromatic N) is 1. The maximum Gasteiger partial charge on any atom is 0.254 e. The standard InChI is InChI=1S/C17H20ClN3O2/c1-10(13-6-4-5-7-15(13)18)20-16(22)9-8-14-11(2)19-12(3)21-17(14)23/h4-7,10H,8-9H2,1-3H3,(H,20,22)(H,19,21,23)/t10-/m1/s1. The molecule has 0 aliphatic rings. The fraction of sp³-hybridized carbons (Fsp3) is 0.353. The van der Waals surface area contributed by atoms with Crippen LogP contribution in [0, 0.1) is 13.8 Å². The lowest BCUT2D eigenvalue weighted by Crippen LogP contribution is -2.28. The second kappa shape index (κ2) is 7.42. The fourth-order valence-electron chi connectivity index (χ4n) is 2.50. The highest BCUT2D eigenvalue weighted by molar-refractivity contribution is 6.31. The molecule has 1 aromatic heterocycles. The number of H-pyrrole nitrogens is 1. The van der Waals surface area contributed by atoms with Crippen molar-refractivity contribution in [3.8, 4) is 0 Å². The highest BCUT2D eigenvalue weighted by atomic mass is 35.5. The topological polar surface area (TPSA) is 74.8 Å². The average Bonchev–Trinajstić information content (AvgIpc) is 2.46. The minimum absolute atomic E-state index is 0.128. The van der Waals surface area contributed by atoms with Crippen LogP contribution in [-0.4, -0.2) is 15.9 Å². The number of hydrogen-bond donors (Lipinski definition) is 2. The Kier molecular flexibility index (Phi) is 5.55. The summed E-state index contributed by atoms with van der Waals surface area (Å²) >= 11 is 6.13. The summed E-state index contributed by atoms with van der Waals surface area (Å²) in [5.41, 5.74) is 1.91. The van der Waals surface area contributed by atoms with Crippen LogP contribution in [0.5, 0.6) is 0 Å². The number of carbonyl (C=O) groups excluding carboxylic acids is 1. The molecular weight excluding hydrogens is 314 g/mol. The Labute approximate surface area is 140 Å². The Morgan fingerprint density at radius 2 is 2.04 bits per heavy atom. The van der Waals surface area contributed by atoms with Crippen LogP contribution in [0.1, 0.15) is 42.0 Å². The molecule has 1 atom stereocenters. The second-order valence-corrected chi connectivity index (χ2v) is 5.93. The lowest BCUT2D eigenvalue weighted by Gasteiger charge is -2.15. The van der Waals surface area contributed by atoms with Crippen LogP contribution in [-0.2, 0) is 11.2 Å². The van der Waals surface area contributed by atoms with Crippen molar-refractivity contribution in [3.05, 3.63) is 62.3 Å². The first-order chi connectivity index (χ1) is 10.9. The molecule has 2 N–H and O–H groups in total. The molecule has 122 valence electrons. The molecule has 0 unspecified atom stereocenters. The predicted octanol–water partition coefficient (Wildman–Crippen LogP) is 2.85. The smallest absolute Gasteiger partial charge is 0.254 e. The molecule has 2 aromatic rings. The van der Waals surface area contributed by atoms with Crippen molar-refractivity contribution in [2.45, 2.75) is 39.7 Å². The van der Waals surface area contributed by atoms with Crippen molar-refractivity contribution in [2.75, 3.05) is 0 Å². The van der Waals surface area contributed by atoms with Gasteiger partial charge in [0.25, 0.3) is 5.56 Å². The number of aryl methyl sites for hydroxylation is 2. The van der Waals surface area contributed by atoms with E-state index in [1.165, 1.54) is 0 Å². The zero-order chi connectivity index (χ0) is 17.0. The lowest BCUT2D eigenvalue weighted by molar-refractivity contribution is -0.121. The molecule has 23 heavy (non-hydrogen) atoms. The third-order valence-corrected chi connectivity index (χ3v) is 4.04. The van der Waals surface area contributed by atoms with Gasteiger partial charge < -0.3 is 10.3 Å². The van der Waals surface area contributed by atoms with Crippen LogP contribution < -0.4 is 10.9 Å². The lowest BCUT2D eigenvalue weighted by atomic mass is 10.1. The van der Waals surface area contributed by atoms with E-state index in [1.807, 2.05) is 25.1 Å². The normalized spacial score (nSPS) is 12.0. The molecule has 6 heteroatoms. The van der Waals surface area contributed by atoms with Crippen LogP contribution in [0.4, 0.5) is 0 Å².